The number of urea groups is 1. The van der Waals surface area contributed by atoms with Crippen LogP contribution < -0.4 is 10.6 Å². The first-order valence-electron chi connectivity index (χ1n) is 4.98. The largest absolute Gasteiger partial charge is 0.392 e. The minimum atomic E-state index is -0.563. The van der Waals surface area contributed by atoms with Crippen LogP contribution in [-0.2, 0) is 0 Å². The summed E-state index contributed by atoms with van der Waals surface area (Å²) in [5.74, 6) is 0. The van der Waals surface area contributed by atoms with E-state index in [0.29, 0.717) is 10.7 Å². The van der Waals surface area contributed by atoms with Crippen LogP contribution in [0.1, 0.15) is 12.5 Å². The van der Waals surface area contributed by atoms with E-state index in [9.17, 15) is 4.79 Å². The zero-order valence-electron chi connectivity index (χ0n) is 9.25. The third-order valence-corrected chi connectivity index (χ3v) is 2.39. The molecule has 88 valence electrons. The first kappa shape index (κ1) is 12.8. The van der Waals surface area contributed by atoms with Crippen molar-refractivity contribution in [3.05, 3.63) is 28.8 Å². The van der Waals surface area contributed by atoms with Gasteiger partial charge in [-0.3, -0.25) is 0 Å². The van der Waals surface area contributed by atoms with Gasteiger partial charge < -0.3 is 15.7 Å². The van der Waals surface area contributed by atoms with Crippen LogP contribution in [0, 0.1) is 6.92 Å². The molecule has 1 rings (SSSR count). The predicted molar refractivity (Wildman–Crippen MR) is 64.9 cm³/mol. The van der Waals surface area contributed by atoms with E-state index >= 15 is 0 Å². The number of carbonyl (C=O) groups is 1. The summed E-state index contributed by atoms with van der Waals surface area (Å²) in [5.41, 5.74) is 1.58. The molecule has 1 aromatic carbocycles. The number of hydrogen-bond donors (Lipinski definition) is 3. The molecular formula is C11H15ClN2O2. The van der Waals surface area contributed by atoms with Gasteiger partial charge in [-0.2, -0.15) is 0 Å². The number of hydrogen-bond acceptors (Lipinski definition) is 2. The van der Waals surface area contributed by atoms with Crippen LogP contribution >= 0.6 is 11.6 Å². The number of nitrogens with one attached hydrogen (secondary N) is 2. The maximum Gasteiger partial charge on any atom is 0.319 e. The van der Waals surface area contributed by atoms with Gasteiger partial charge in [0.25, 0.3) is 0 Å². The highest BCUT2D eigenvalue weighted by Gasteiger charge is 2.04. The number of rotatable bonds is 3. The van der Waals surface area contributed by atoms with Crippen molar-refractivity contribution in [3.63, 3.8) is 0 Å². The minimum Gasteiger partial charge on any atom is -0.392 e. The zero-order valence-corrected chi connectivity index (χ0v) is 10.0. The van der Waals surface area contributed by atoms with Crippen molar-refractivity contribution in [1.29, 1.82) is 0 Å². The monoisotopic (exact) mass is 242 g/mol. The zero-order chi connectivity index (χ0) is 12.1. The summed E-state index contributed by atoms with van der Waals surface area (Å²) in [7, 11) is 0. The van der Waals surface area contributed by atoms with Crippen molar-refractivity contribution in [2.24, 2.45) is 0 Å². The standard InChI is InChI=1S/C11H15ClN2O2/c1-7-3-4-9(5-10(7)12)14-11(16)13-6-8(2)15/h3-5,8,15H,6H2,1-2H3,(H2,13,14,16)/t8-/m0/s1. The third kappa shape index (κ3) is 4.08. The Morgan fingerprint density at radius 2 is 2.25 bits per heavy atom. The molecule has 0 fully saturated rings. The Bertz CT molecular complexity index is 380. The Hall–Kier alpha value is -1.26. The number of carbonyl (C=O) groups excluding carboxylic acids is 1. The fourth-order valence-corrected chi connectivity index (χ4v) is 1.27. The fourth-order valence-electron chi connectivity index (χ4n) is 1.09. The molecule has 0 saturated carbocycles. The summed E-state index contributed by atoms with van der Waals surface area (Å²) in [6.07, 6.45) is -0.563. The number of anilines is 1. The van der Waals surface area contributed by atoms with E-state index in [1.54, 1.807) is 19.1 Å². The van der Waals surface area contributed by atoms with Gasteiger partial charge in [-0.15, -0.1) is 0 Å². The summed E-state index contributed by atoms with van der Waals surface area (Å²) in [6.45, 7) is 3.70. The second-order valence-electron chi connectivity index (χ2n) is 3.65. The molecule has 4 nitrogen and oxygen atoms in total. The lowest BCUT2D eigenvalue weighted by molar-refractivity contribution is 0.190. The molecule has 0 heterocycles. The molecule has 0 unspecified atom stereocenters. The third-order valence-electron chi connectivity index (χ3n) is 1.99. The van der Waals surface area contributed by atoms with Gasteiger partial charge in [0.15, 0.2) is 0 Å². The maximum atomic E-state index is 11.3. The van der Waals surface area contributed by atoms with Crippen LogP contribution in [0.4, 0.5) is 10.5 Å². The summed E-state index contributed by atoms with van der Waals surface area (Å²) in [5, 5.41) is 14.7. The summed E-state index contributed by atoms with van der Waals surface area (Å²) < 4.78 is 0. The van der Waals surface area contributed by atoms with Crippen molar-refractivity contribution < 1.29 is 9.90 Å². The molecule has 0 bridgehead atoms. The first-order chi connectivity index (χ1) is 7.49. The van der Waals surface area contributed by atoms with Crippen LogP contribution in [0.5, 0.6) is 0 Å². The molecule has 3 N–H and O–H groups in total. The van der Waals surface area contributed by atoms with Crippen LogP contribution in [0.15, 0.2) is 18.2 Å². The van der Waals surface area contributed by atoms with Crippen molar-refractivity contribution in [2.75, 3.05) is 11.9 Å². The lowest BCUT2D eigenvalue weighted by atomic mass is 10.2. The van der Waals surface area contributed by atoms with E-state index in [0.717, 1.165) is 5.56 Å². The molecular weight excluding hydrogens is 228 g/mol. The van der Waals surface area contributed by atoms with Gasteiger partial charge in [0, 0.05) is 17.3 Å². The Morgan fingerprint density at radius 3 is 2.81 bits per heavy atom. The fraction of sp³-hybridized carbons (Fsp3) is 0.364. The molecule has 2 amide bonds. The Kier molecular flexibility index (Phi) is 4.58. The predicted octanol–water partition coefficient (Wildman–Crippen LogP) is 2.15. The topological polar surface area (TPSA) is 61.4 Å². The lowest BCUT2D eigenvalue weighted by Gasteiger charge is -2.09. The molecule has 0 radical (unpaired) electrons. The van der Waals surface area contributed by atoms with Gasteiger partial charge in [-0.25, -0.2) is 4.79 Å². The first-order valence-corrected chi connectivity index (χ1v) is 5.36. The quantitative estimate of drug-likeness (QED) is 0.761. The van der Waals surface area contributed by atoms with Crippen LogP contribution in [0.3, 0.4) is 0 Å². The van der Waals surface area contributed by atoms with E-state index in [-0.39, 0.29) is 12.6 Å². The molecule has 0 aromatic heterocycles. The molecule has 16 heavy (non-hydrogen) atoms. The van der Waals surface area contributed by atoms with E-state index < -0.39 is 6.10 Å². The van der Waals surface area contributed by atoms with Crippen molar-refractivity contribution >= 4 is 23.3 Å². The number of aliphatic hydroxyl groups is 1. The maximum absolute atomic E-state index is 11.3. The summed E-state index contributed by atoms with van der Waals surface area (Å²) in [6, 6.07) is 4.91. The average Bonchev–Trinajstić information content (AvgIpc) is 2.21. The SMILES string of the molecule is Cc1ccc(NC(=O)NC[C@H](C)O)cc1Cl. The second kappa shape index (κ2) is 5.72. The highest BCUT2D eigenvalue weighted by molar-refractivity contribution is 6.31. The number of amides is 2. The smallest absolute Gasteiger partial charge is 0.319 e. The molecule has 0 aliphatic rings. The summed E-state index contributed by atoms with van der Waals surface area (Å²) in [4.78, 5) is 11.3. The highest BCUT2D eigenvalue weighted by atomic mass is 35.5. The van der Waals surface area contributed by atoms with E-state index in [1.165, 1.54) is 0 Å². The highest BCUT2D eigenvalue weighted by Crippen LogP contribution is 2.19. The molecule has 0 saturated heterocycles. The van der Waals surface area contributed by atoms with Gasteiger partial charge in [-0.05, 0) is 31.5 Å². The molecule has 1 aromatic rings. The minimum absolute atomic E-state index is 0.214. The van der Waals surface area contributed by atoms with Crippen LogP contribution in [-0.4, -0.2) is 23.8 Å². The van der Waals surface area contributed by atoms with Crippen molar-refractivity contribution in [3.8, 4) is 0 Å². The summed E-state index contributed by atoms with van der Waals surface area (Å²) >= 11 is 5.91. The normalized spacial score (nSPS) is 12.0. The Balaban J connectivity index is 2.53. The number of aliphatic hydroxyl groups excluding tert-OH is 1. The average molecular weight is 243 g/mol. The van der Waals surface area contributed by atoms with Crippen LogP contribution in [0.2, 0.25) is 5.02 Å². The second-order valence-corrected chi connectivity index (χ2v) is 4.06. The molecule has 0 aliphatic carbocycles. The van der Waals surface area contributed by atoms with E-state index in [4.69, 9.17) is 16.7 Å². The lowest BCUT2D eigenvalue weighted by Crippen LogP contribution is -2.34. The molecule has 1 atom stereocenters. The van der Waals surface area contributed by atoms with Gasteiger partial charge in [0.05, 0.1) is 6.10 Å². The van der Waals surface area contributed by atoms with Gasteiger partial charge in [-0.1, -0.05) is 17.7 Å². The van der Waals surface area contributed by atoms with Crippen molar-refractivity contribution in [1.82, 2.24) is 5.32 Å². The Labute approximate surface area is 99.6 Å². The number of benzene rings is 1. The van der Waals surface area contributed by atoms with E-state index in [2.05, 4.69) is 10.6 Å². The number of halogens is 1. The van der Waals surface area contributed by atoms with Gasteiger partial charge >= 0.3 is 6.03 Å². The van der Waals surface area contributed by atoms with Gasteiger partial charge in [0.2, 0.25) is 0 Å². The van der Waals surface area contributed by atoms with Crippen LogP contribution in [0.25, 0.3) is 0 Å². The van der Waals surface area contributed by atoms with E-state index in [1.807, 2.05) is 13.0 Å². The Morgan fingerprint density at radius 1 is 1.56 bits per heavy atom. The molecule has 5 heteroatoms. The number of aryl methyl sites for hydroxylation is 1. The molecule has 0 aliphatic heterocycles. The van der Waals surface area contributed by atoms with Crippen molar-refractivity contribution in [2.45, 2.75) is 20.0 Å². The van der Waals surface area contributed by atoms with Gasteiger partial charge in [0.1, 0.15) is 0 Å². The molecule has 0 spiro atoms.